The summed E-state index contributed by atoms with van der Waals surface area (Å²) in [6.07, 6.45) is 17.7. The lowest BCUT2D eigenvalue weighted by molar-refractivity contribution is 0.0220. The minimum absolute atomic E-state index is 0.493. The lowest BCUT2D eigenvalue weighted by atomic mass is 10.0. The zero-order valence-electron chi connectivity index (χ0n) is 14.8. The van der Waals surface area contributed by atoms with E-state index in [-0.39, 0.29) is 0 Å². The summed E-state index contributed by atoms with van der Waals surface area (Å²) < 4.78 is 5.70. The number of rotatable bonds is 12. The van der Waals surface area contributed by atoms with Crippen molar-refractivity contribution in [3.63, 3.8) is 0 Å². The van der Waals surface area contributed by atoms with Crippen molar-refractivity contribution in [3.8, 4) is 0 Å². The molecule has 1 saturated heterocycles. The standard InChI is InChI=1S/C16H33NO.C3H5Br/c1-2-3-4-5-6-7-8-9-10-11-12-16-15-17-13-14-18-16;1-2-3-4/h16-17H,2-15H2,1H3;2H,1,3H2. The second-order valence-electron chi connectivity index (χ2n) is 6.11. The molecule has 0 aromatic carbocycles. The van der Waals surface area contributed by atoms with Gasteiger partial charge < -0.3 is 10.1 Å². The van der Waals surface area contributed by atoms with Crippen LogP contribution < -0.4 is 5.32 Å². The lowest BCUT2D eigenvalue weighted by Crippen LogP contribution is -2.38. The first kappa shape index (κ1) is 22.1. The van der Waals surface area contributed by atoms with E-state index in [0.717, 1.165) is 25.0 Å². The molecule has 0 aliphatic carbocycles. The maximum absolute atomic E-state index is 5.70. The first-order chi connectivity index (χ1) is 10.8. The molecule has 0 bridgehead atoms. The van der Waals surface area contributed by atoms with Gasteiger partial charge in [-0.25, -0.2) is 0 Å². The quantitative estimate of drug-likeness (QED) is 0.262. The third kappa shape index (κ3) is 16.5. The Morgan fingerprint density at radius 1 is 1.05 bits per heavy atom. The van der Waals surface area contributed by atoms with Gasteiger partial charge in [0.15, 0.2) is 0 Å². The van der Waals surface area contributed by atoms with Crippen LogP contribution in [0.4, 0.5) is 0 Å². The van der Waals surface area contributed by atoms with Crippen LogP contribution in [-0.4, -0.2) is 31.1 Å². The molecule has 22 heavy (non-hydrogen) atoms. The molecule has 1 unspecified atom stereocenters. The summed E-state index contributed by atoms with van der Waals surface area (Å²) in [4.78, 5) is 0. The van der Waals surface area contributed by atoms with Crippen molar-refractivity contribution in [3.05, 3.63) is 12.7 Å². The van der Waals surface area contributed by atoms with Gasteiger partial charge in [-0.15, -0.1) is 6.58 Å². The van der Waals surface area contributed by atoms with Crippen LogP contribution in [0, 0.1) is 0 Å². The number of unbranched alkanes of at least 4 members (excludes halogenated alkanes) is 9. The maximum atomic E-state index is 5.70. The van der Waals surface area contributed by atoms with Crippen LogP contribution in [-0.2, 0) is 4.74 Å². The molecule has 0 saturated carbocycles. The molecule has 1 aliphatic rings. The number of hydrogen-bond donors (Lipinski definition) is 1. The zero-order valence-corrected chi connectivity index (χ0v) is 16.3. The predicted molar refractivity (Wildman–Crippen MR) is 103 cm³/mol. The monoisotopic (exact) mass is 375 g/mol. The summed E-state index contributed by atoms with van der Waals surface area (Å²) >= 11 is 3.13. The van der Waals surface area contributed by atoms with Gasteiger partial charge in [0, 0.05) is 18.4 Å². The third-order valence-corrected chi connectivity index (χ3v) is 4.45. The average Bonchev–Trinajstić information content (AvgIpc) is 2.58. The van der Waals surface area contributed by atoms with Crippen LogP contribution in [0.2, 0.25) is 0 Å². The van der Waals surface area contributed by atoms with E-state index in [2.05, 4.69) is 34.7 Å². The lowest BCUT2D eigenvalue weighted by Gasteiger charge is -2.23. The Morgan fingerprint density at radius 2 is 1.59 bits per heavy atom. The van der Waals surface area contributed by atoms with Gasteiger partial charge in [0.25, 0.3) is 0 Å². The van der Waals surface area contributed by atoms with E-state index < -0.39 is 0 Å². The molecular formula is C19H38BrNO. The van der Waals surface area contributed by atoms with Gasteiger partial charge in [-0.1, -0.05) is 93.1 Å². The maximum Gasteiger partial charge on any atom is 0.0700 e. The third-order valence-electron chi connectivity index (χ3n) is 3.99. The molecule has 0 aromatic heterocycles. The summed E-state index contributed by atoms with van der Waals surface area (Å²) in [5.41, 5.74) is 0. The van der Waals surface area contributed by atoms with Crippen LogP contribution in [0.1, 0.15) is 77.6 Å². The van der Waals surface area contributed by atoms with Crippen molar-refractivity contribution in [2.75, 3.05) is 25.0 Å². The van der Waals surface area contributed by atoms with Gasteiger partial charge in [0.2, 0.25) is 0 Å². The molecule has 1 N–H and O–H groups in total. The summed E-state index contributed by atoms with van der Waals surface area (Å²) in [6, 6.07) is 0. The molecule has 1 aliphatic heterocycles. The first-order valence-electron chi connectivity index (χ1n) is 9.34. The Bertz CT molecular complexity index is 217. The number of halogens is 1. The van der Waals surface area contributed by atoms with E-state index in [1.54, 1.807) is 6.08 Å². The van der Waals surface area contributed by atoms with Crippen molar-refractivity contribution in [1.29, 1.82) is 0 Å². The summed E-state index contributed by atoms with van der Waals surface area (Å²) in [6.45, 7) is 8.72. The smallest absolute Gasteiger partial charge is 0.0700 e. The molecule has 1 fully saturated rings. The number of hydrogen-bond acceptors (Lipinski definition) is 2. The highest BCUT2D eigenvalue weighted by atomic mass is 79.9. The molecule has 0 aromatic rings. The molecular weight excluding hydrogens is 338 g/mol. The normalized spacial score (nSPS) is 17.6. The largest absolute Gasteiger partial charge is 0.376 e. The highest BCUT2D eigenvalue weighted by Gasteiger charge is 2.11. The minimum atomic E-state index is 0.493. The number of ether oxygens (including phenoxy) is 1. The molecule has 0 amide bonds. The molecule has 1 atom stereocenters. The van der Waals surface area contributed by atoms with Crippen LogP contribution in [0.15, 0.2) is 12.7 Å². The predicted octanol–water partition coefficient (Wildman–Crippen LogP) is 5.85. The Labute approximate surface area is 147 Å². The fraction of sp³-hybridized carbons (Fsp3) is 0.895. The SMILES string of the molecule is C=CCBr.CCCCCCCCCCCCC1CNCCO1. The van der Waals surface area contributed by atoms with E-state index in [1.165, 1.54) is 70.6 Å². The second-order valence-corrected chi connectivity index (χ2v) is 6.76. The van der Waals surface area contributed by atoms with Crippen molar-refractivity contribution in [2.24, 2.45) is 0 Å². The van der Waals surface area contributed by atoms with Crippen molar-refractivity contribution in [1.82, 2.24) is 5.32 Å². The van der Waals surface area contributed by atoms with Gasteiger partial charge in [0.1, 0.15) is 0 Å². The number of nitrogens with one attached hydrogen (secondary N) is 1. The summed E-state index contributed by atoms with van der Waals surface area (Å²) in [5, 5.41) is 4.29. The Balaban J connectivity index is 0.000000980. The fourth-order valence-electron chi connectivity index (χ4n) is 2.66. The number of alkyl halides is 1. The first-order valence-corrected chi connectivity index (χ1v) is 10.5. The Morgan fingerprint density at radius 3 is 2.05 bits per heavy atom. The fourth-order valence-corrected chi connectivity index (χ4v) is 2.66. The average molecular weight is 376 g/mol. The molecule has 3 heteroatoms. The van der Waals surface area contributed by atoms with E-state index in [0.29, 0.717) is 6.10 Å². The molecule has 132 valence electrons. The van der Waals surface area contributed by atoms with Crippen LogP contribution in [0.3, 0.4) is 0 Å². The van der Waals surface area contributed by atoms with Gasteiger partial charge in [-0.05, 0) is 6.42 Å². The van der Waals surface area contributed by atoms with Crippen molar-refractivity contribution < 1.29 is 4.74 Å². The summed E-state index contributed by atoms with van der Waals surface area (Å²) in [7, 11) is 0. The molecule has 0 radical (unpaired) electrons. The van der Waals surface area contributed by atoms with Crippen molar-refractivity contribution in [2.45, 2.75) is 83.7 Å². The van der Waals surface area contributed by atoms with Gasteiger partial charge >= 0.3 is 0 Å². The number of allylic oxidation sites excluding steroid dienone is 1. The van der Waals surface area contributed by atoms with Crippen LogP contribution >= 0.6 is 15.9 Å². The van der Waals surface area contributed by atoms with E-state index >= 15 is 0 Å². The minimum Gasteiger partial charge on any atom is -0.376 e. The number of morpholine rings is 1. The molecule has 2 nitrogen and oxygen atoms in total. The zero-order chi connectivity index (χ0) is 16.3. The van der Waals surface area contributed by atoms with Gasteiger partial charge in [-0.3, -0.25) is 0 Å². The van der Waals surface area contributed by atoms with Crippen LogP contribution in [0.25, 0.3) is 0 Å². The van der Waals surface area contributed by atoms with Gasteiger partial charge in [-0.2, -0.15) is 0 Å². The van der Waals surface area contributed by atoms with E-state index in [4.69, 9.17) is 4.74 Å². The van der Waals surface area contributed by atoms with Crippen LogP contribution in [0.5, 0.6) is 0 Å². The second kappa shape index (κ2) is 19.2. The summed E-state index contributed by atoms with van der Waals surface area (Å²) in [5.74, 6) is 0. The van der Waals surface area contributed by atoms with E-state index in [9.17, 15) is 0 Å². The molecule has 1 heterocycles. The Kier molecular flexibility index (Phi) is 19.3. The highest BCUT2D eigenvalue weighted by molar-refractivity contribution is 9.09. The molecule has 1 rings (SSSR count). The Hall–Kier alpha value is 0.140. The highest BCUT2D eigenvalue weighted by Crippen LogP contribution is 2.13. The van der Waals surface area contributed by atoms with E-state index in [1.807, 2.05) is 0 Å². The topological polar surface area (TPSA) is 21.3 Å². The van der Waals surface area contributed by atoms with Crippen molar-refractivity contribution >= 4 is 15.9 Å². The van der Waals surface area contributed by atoms with Gasteiger partial charge in [0.05, 0.1) is 12.7 Å². The molecule has 0 spiro atoms.